The van der Waals surface area contributed by atoms with Crippen molar-refractivity contribution in [3.63, 3.8) is 0 Å². The number of aliphatic hydroxyl groups is 2. The molecule has 4 heteroatoms. The Morgan fingerprint density at radius 2 is 2.00 bits per heavy atom. The summed E-state index contributed by atoms with van der Waals surface area (Å²) in [5.41, 5.74) is 13.3. The molecule has 0 aliphatic rings. The Labute approximate surface area is 89.5 Å². The lowest BCUT2D eigenvalue weighted by molar-refractivity contribution is 0.0243. The summed E-state index contributed by atoms with van der Waals surface area (Å²) in [5, 5.41) is 19.1. The lowest BCUT2D eigenvalue weighted by atomic mass is 10.00. The van der Waals surface area contributed by atoms with Crippen LogP contribution < -0.4 is 11.5 Å². The van der Waals surface area contributed by atoms with Crippen LogP contribution >= 0.6 is 0 Å². The Morgan fingerprint density at radius 3 is 2.53 bits per heavy atom. The van der Waals surface area contributed by atoms with Gasteiger partial charge in [-0.05, 0) is 23.6 Å². The van der Waals surface area contributed by atoms with E-state index in [1.165, 1.54) is 0 Å². The highest BCUT2D eigenvalue weighted by atomic mass is 16.3. The molecule has 4 nitrogen and oxygen atoms in total. The van der Waals surface area contributed by atoms with E-state index >= 15 is 0 Å². The fourth-order valence-corrected chi connectivity index (χ4v) is 1.47. The van der Waals surface area contributed by atoms with Crippen LogP contribution in [0.2, 0.25) is 0 Å². The third-order valence-corrected chi connectivity index (χ3v) is 2.50. The highest BCUT2D eigenvalue weighted by Crippen LogP contribution is 2.21. The van der Waals surface area contributed by atoms with Crippen molar-refractivity contribution in [1.82, 2.24) is 0 Å². The molecule has 0 fully saturated rings. The molecule has 1 rings (SSSR count). The number of hydrogen-bond donors (Lipinski definition) is 4. The standard InChI is InChI=1S/C11H18N2O2/c1-2-7-5-8(3-4-9(7)13)11(15)10(14)6-12/h3-5,10-11,14-15H,2,6,12-13H2,1H3. The van der Waals surface area contributed by atoms with Crippen molar-refractivity contribution in [2.75, 3.05) is 12.3 Å². The summed E-state index contributed by atoms with van der Waals surface area (Å²) in [7, 11) is 0. The van der Waals surface area contributed by atoms with Crippen molar-refractivity contribution >= 4 is 5.69 Å². The molecule has 0 bridgehead atoms. The number of anilines is 1. The van der Waals surface area contributed by atoms with Gasteiger partial charge < -0.3 is 21.7 Å². The van der Waals surface area contributed by atoms with Crippen LogP contribution in [0.1, 0.15) is 24.2 Å². The van der Waals surface area contributed by atoms with Crippen LogP contribution in [0.3, 0.4) is 0 Å². The smallest absolute Gasteiger partial charge is 0.106 e. The summed E-state index contributed by atoms with van der Waals surface area (Å²) in [6, 6.07) is 5.25. The molecule has 1 aromatic rings. The van der Waals surface area contributed by atoms with Crippen LogP contribution in [0, 0.1) is 0 Å². The van der Waals surface area contributed by atoms with Crippen molar-refractivity contribution in [3.8, 4) is 0 Å². The minimum absolute atomic E-state index is 0.0347. The van der Waals surface area contributed by atoms with E-state index in [9.17, 15) is 10.2 Å². The van der Waals surface area contributed by atoms with Gasteiger partial charge in [0, 0.05) is 12.2 Å². The molecule has 0 spiro atoms. The van der Waals surface area contributed by atoms with Crippen molar-refractivity contribution in [1.29, 1.82) is 0 Å². The van der Waals surface area contributed by atoms with Crippen LogP contribution in [-0.2, 0) is 6.42 Å². The Bertz CT molecular complexity index is 328. The normalized spacial score (nSPS) is 14.9. The minimum atomic E-state index is -0.944. The van der Waals surface area contributed by atoms with Gasteiger partial charge in [0.25, 0.3) is 0 Å². The highest BCUT2D eigenvalue weighted by molar-refractivity contribution is 5.49. The molecule has 84 valence electrons. The van der Waals surface area contributed by atoms with E-state index in [1.54, 1.807) is 18.2 Å². The molecule has 6 N–H and O–H groups in total. The second kappa shape index (κ2) is 5.11. The van der Waals surface area contributed by atoms with Gasteiger partial charge in [0.2, 0.25) is 0 Å². The third kappa shape index (κ3) is 2.68. The fourth-order valence-electron chi connectivity index (χ4n) is 1.47. The first-order chi connectivity index (χ1) is 7.10. The molecule has 0 saturated heterocycles. The summed E-state index contributed by atoms with van der Waals surface area (Å²) in [6.07, 6.45) is -1.08. The molecule has 1 aromatic carbocycles. The van der Waals surface area contributed by atoms with Crippen LogP contribution in [0.5, 0.6) is 0 Å². The molecule has 15 heavy (non-hydrogen) atoms. The predicted octanol–water partition coefficient (Wildman–Crippen LogP) is 0.184. The van der Waals surface area contributed by atoms with Crippen molar-refractivity contribution in [3.05, 3.63) is 29.3 Å². The average Bonchev–Trinajstić information content (AvgIpc) is 2.27. The Kier molecular flexibility index (Phi) is 4.08. The SMILES string of the molecule is CCc1cc(C(O)C(O)CN)ccc1N. The van der Waals surface area contributed by atoms with Crippen LogP contribution in [0.4, 0.5) is 5.69 Å². The van der Waals surface area contributed by atoms with E-state index in [4.69, 9.17) is 11.5 Å². The van der Waals surface area contributed by atoms with Gasteiger partial charge in [-0.3, -0.25) is 0 Å². The average molecular weight is 210 g/mol. The number of nitrogens with two attached hydrogens (primary N) is 2. The Hall–Kier alpha value is -1.10. The molecule has 2 atom stereocenters. The molecular weight excluding hydrogens is 192 g/mol. The minimum Gasteiger partial charge on any atom is -0.399 e. The molecule has 0 aromatic heterocycles. The number of aryl methyl sites for hydroxylation is 1. The van der Waals surface area contributed by atoms with E-state index < -0.39 is 12.2 Å². The van der Waals surface area contributed by atoms with Crippen molar-refractivity contribution < 1.29 is 10.2 Å². The van der Waals surface area contributed by atoms with Gasteiger partial charge in [-0.1, -0.05) is 19.1 Å². The monoisotopic (exact) mass is 210 g/mol. The summed E-state index contributed by atoms with van der Waals surface area (Å²) in [6.45, 7) is 2.02. The topological polar surface area (TPSA) is 92.5 Å². The van der Waals surface area contributed by atoms with E-state index in [2.05, 4.69) is 0 Å². The van der Waals surface area contributed by atoms with Gasteiger partial charge >= 0.3 is 0 Å². The van der Waals surface area contributed by atoms with E-state index in [-0.39, 0.29) is 6.54 Å². The van der Waals surface area contributed by atoms with Gasteiger partial charge in [0.15, 0.2) is 0 Å². The maximum Gasteiger partial charge on any atom is 0.106 e. The van der Waals surface area contributed by atoms with Gasteiger partial charge in [-0.25, -0.2) is 0 Å². The highest BCUT2D eigenvalue weighted by Gasteiger charge is 2.17. The van der Waals surface area contributed by atoms with E-state index in [0.29, 0.717) is 11.3 Å². The van der Waals surface area contributed by atoms with E-state index in [1.807, 2.05) is 6.92 Å². The number of rotatable bonds is 4. The summed E-state index contributed by atoms with van der Waals surface area (Å²) in [4.78, 5) is 0. The Morgan fingerprint density at radius 1 is 1.33 bits per heavy atom. The Balaban J connectivity index is 2.95. The number of nitrogen functional groups attached to an aromatic ring is 1. The molecule has 2 unspecified atom stereocenters. The van der Waals surface area contributed by atoms with Gasteiger partial charge in [-0.2, -0.15) is 0 Å². The summed E-state index contributed by atoms with van der Waals surface area (Å²) >= 11 is 0. The molecule has 0 amide bonds. The van der Waals surface area contributed by atoms with Crippen molar-refractivity contribution in [2.45, 2.75) is 25.6 Å². The third-order valence-electron chi connectivity index (χ3n) is 2.50. The van der Waals surface area contributed by atoms with Crippen LogP contribution in [-0.4, -0.2) is 22.9 Å². The number of benzene rings is 1. The number of aliphatic hydroxyl groups excluding tert-OH is 2. The zero-order valence-electron chi connectivity index (χ0n) is 8.85. The lowest BCUT2D eigenvalue weighted by Crippen LogP contribution is -2.27. The zero-order valence-corrected chi connectivity index (χ0v) is 8.85. The first-order valence-electron chi connectivity index (χ1n) is 5.04. The molecule has 0 aliphatic heterocycles. The van der Waals surface area contributed by atoms with Crippen LogP contribution in [0.15, 0.2) is 18.2 Å². The van der Waals surface area contributed by atoms with Crippen LogP contribution in [0.25, 0.3) is 0 Å². The molecule has 0 saturated carbocycles. The lowest BCUT2D eigenvalue weighted by Gasteiger charge is -2.17. The zero-order chi connectivity index (χ0) is 11.4. The second-order valence-electron chi connectivity index (χ2n) is 3.56. The largest absolute Gasteiger partial charge is 0.399 e. The molecule has 0 heterocycles. The van der Waals surface area contributed by atoms with E-state index in [0.717, 1.165) is 12.0 Å². The number of hydrogen-bond acceptors (Lipinski definition) is 4. The van der Waals surface area contributed by atoms with Gasteiger partial charge in [0.05, 0.1) is 6.10 Å². The fraction of sp³-hybridized carbons (Fsp3) is 0.455. The molecule has 0 aliphatic carbocycles. The van der Waals surface area contributed by atoms with Gasteiger partial charge in [-0.15, -0.1) is 0 Å². The first-order valence-corrected chi connectivity index (χ1v) is 5.04. The summed E-state index contributed by atoms with van der Waals surface area (Å²) < 4.78 is 0. The first kappa shape index (κ1) is 12.0. The van der Waals surface area contributed by atoms with Crippen molar-refractivity contribution in [2.24, 2.45) is 5.73 Å². The quantitative estimate of drug-likeness (QED) is 0.533. The van der Waals surface area contributed by atoms with Gasteiger partial charge in [0.1, 0.15) is 6.10 Å². The maximum absolute atomic E-state index is 9.73. The maximum atomic E-state index is 9.73. The molecular formula is C11H18N2O2. The summed E-state index contributed by atoms with van der Waals surface area (Å²) in [5.74, 6) is 0. The second-order valence-corrected chi connectivity index (χ2v) is 3.56. The predicted molar refractivity (Wildman–Crippen MR) is 60.3 cm³/mol. The molecule has 0 radical (unpaired) electrons.